The van der Waals surface area contributed by atoms with E-state index in [4.69, 9.17) is 9.47 Å². The quantitative estimate of drug-likeness (QED) is 0.766. The SMILES string of the molecule is CCc1ccc(-c2cc(C(=O)N[C@H]3CO[C@H]4[C@@H]3OC[C@H]4O)[nH]n2)cc1. The first-order valence-electron chi connectivity index (χ1n) is 8.52. The second-order valence-electron chi connectivity index (χ2n) is 6.46. The molecule has 0 unspecified atom stereocenters. The van der Waals surface area contributed by atoms with Gasteiger partial charge in [-0.25, -0.2) is 0 Å². The Labute approximate surface area is 145 Å². The van der Waals surface area contributed by atoms with Crippen molar-refractivity contribution in [2.24, 2.45) is 0 Å². The number of hydrogen-bond acceptors (Lipinski definition) is 5. The minimum atomic E-state index is -0.628. The molecule has 132 valence electrons. The van der Waals surface area contributed by atoms with Crippen molar-refractivity contribution in [1.29, 1.82) is 0 Å². The molecule has 3 heterocycles. The monoisotopic (exact) mass is 343 g/mol. The molecule has 2 aliphatic rings. The molecule has 1 amide bonds. The van der Waals surface area contributed by atoms with Gasteiger partial charge in [0.2, 0.25) is 0 Å². The zero-order valence-electron chi connectivity index (χ0n) is 13.9. The lowest BCUT2D eigenvalue weighted by atomic mass is 10.1. The molecule has 2 aliphatic heterocycles. The summed E-state index contributed by atoms with van der Waals surface area (Å²) >= 11 is 0. The van der Waals surface area contributed by atoms with Crippen molar-refractivity contribution in [2.75, 3.05) is 13.2 Å². The predicted molar refractivity (Wildman–Crippen MR) is 90.1 cm³/mol. The van der Waals surface area contributed by atoms with Crippen LogP contribution in [0.4, 0.5) is 0 Å². The van der Waals surface area contributed by atoms with E-state index >= 15 is 0 Å². The average molecular weight is 343 g/mol. The van der Waals surface area contributed by atoms with E-state index in [0.29, 0.717) is 12.3 Å². The van der Waals surface area contributed by atoms with Crippen molar-refractivity contribution < 1.29 is 19.4 Å². The molecule has 4 atom stereocenters. The summed E-state index contributed by atoms with van der Waals surface area (Å²) < 4.78 is 11.0. The van der Waals surface area contributed by atoms with Crippen molar-refractivity contribution in [3.63, 3.8) is 0 Å². The lowest BCUT2D eigenvalue weighted by molar-refractivity contribution is 0.0178. The fourth-order valence-electron chi connectivity index (χ4n) is 3.35. The van der Waals surface area contributed by atoms with E-state index in [-0.39, 0.29) is 30.8 Å². The molecule has 7 nitrogen and oxygen atoms in total. The Balaban J connectivity index is 1.44. The maximum absolute atomic E-state index is 12.5. The molecule has 0 bridgehead atoms. The third-order valence-corrected chi connectivity index (χ3v) is 4.82. The number of carbonyl (C=O) groups is 1. The first-order valence-corrected chi connectivity index (χ1v) is 8.52. The molecule has 7 heteroatoms. The van der Waals surface area contributed by atoms with E-state index in [1.807, 2.05) is 12.1 Å². The Hall–Kier alpha value is -2.22. The van der Waals surface area contributed by atoms with Crippen LogP contribution in [0.5, 0.6) is 0 Å². The van der Waals surface area contributed by atoms with Crippen LogP contribution in [-0.4, -0.2) is 58.8 Å². The molecule has 2 aromatic rings. The molecule has 3 N–H and O–H groups in total. The number of aromatic nitrogens is 2. The van der Waals surface area contributed by atoms with E-state index in [1.54, 1.807) is 6.07 Å². The number of ether oxygens (including phenoxy) is 2. The number of amides is 1. The molecule has 0 spiro atoms. The number of carbonyl (C=O) groups excluding carboxylic acids is 1. The maximum Gasteiger partial charge on any atom is 0.269 e. The molecule has 0 aliphatic carbocycles. The zero-order valence-corrected chi connectivity index (χ0v) is 13.9. The minimum Gasteiger partial charge on any atom is -0.388 e. The highest BCUT2D eigenvalue weighted by molar-refractivity contribution is 5.93. The molecule has 1 aromatic carbocycles. The zero-order chi connectivity index (χ0) is 17.4. The third-order valence-electron chi connectivity index (χ3n) is 4.82. The van der Waals surface area contributed by atoms with Crippen molar-refractivity contribution in [3.8, 4) is 11.3 Å². The van der Waals surface area contributed by atoms with Gasteiger partial charge >= 0.3 is 0 Å². The van der Waals surface area contributed by atoms with E-state index in [1.165, 1.54) is 5.56 Å². The number of rotatable bonds is 4. The van der Waals surface area contributed by atoms with E-state index in [9.17, 15) is 9.90 Å². The van der Waals surface area contributed by atoms with Crippen LogP contribution in [0.25, 0.3) is 11.3 Å². The summed E-state index contributed by atoms with van der Waals surface area (Å²) in [5.41, 5.74) is 3.32. The standard InChI is InChI=1S/C18H21N3O4/c1-2-10-3-5-11(6-4-10)12-7-13(21-20-12)18(23)19-14-8-24-17-15(22)9-25-16(14)17/h3-7,14-17,22H,2,8-9H2,1H3,(H,19,23)(H,20,21)/t14-,15+,16+,17+/m0/s1. The number of fused-ring (bicyclic) bond motifs is 1. The molecular weight excluding hydrogens is 322 g/mol. The van der Waals surface area contributed by atoms with Crippen molar-refractivity contribution in [1.82, 2.24) is 15.5 Å². The van der Waals surface area contributed by atoms with Crippen LogP contribution in [0.15, 0.2) is 30.3 Å². The van der Waals surface area contributed by atoms with Crippen LogP contribution in [0, 0.1) is 0 Å². The largest absolute Gasteiger partial charge is 0.388 e. The molecular formula is C18H21N3O4. The highest BCUT2D eigenvalue weighted by Gasteiger charge is 2.47. The van der Waals surface area contributed by atoms with Gasteiger partial charge in [0.05, 0.1) is 24.9 Å². The van der Waals surface area contributed by atoms with Gasteiger partial charge < -0.3 is 19.9 Å². The summed E-state index contributed by atoms with van der Waals surface area (Å²) in [5.74, 6) is -0.261. The Kier molecular flexibility index (Phi) is 4.29. The fraction of sp³-hybridized carbons (Fsp3) is 0.444. The number of H-pyrrole nitrogens is 1. The summed E-state index contributed by atoms with van der Waals surface area (Å²) in [5, 5.41) is 19.7. The predicted octanol–water partition coefficient (Wildman–Crippen LogP) is 0.896. The van der Waals surface area contributed by atoms with Crippen LogP contribution < -0.4 is 5.32 Å². The number of aromatic amines is 1. The summed E-state index contributed by atoms with van der Waals surface area (Å²) in [7, 11) is 0. The minimum absolute atomic E-state index is 0.240. The van der Waals surface area contributed by atoms with Gasteiger partial charge in [-0.2, -0.15) is 5.10 Å². The Morgan fingerprint density at radius 1 is 1.28 bits per heavy atom. The maximum atomic E-state index is 12.5. The average Bonchev–Trinajstić information content (AvgIpc) is 3.34. The van der Waals surface area contributed by atoms with Gasteiger partial charge in [-0.1, -0.05) is 31.2 Å². The fourth-order valence-corrected chi connectivity index (χ4v) is 3.35. The summed E-state index contributed by atoms with van der Waals surface area (Å²) in [6.07, 6.45) is -0.309. The third kappa shape index (κ3) is 3.06. The van der Waals surface area contributed by atoms with Crippen LogP contribution in [0.1, 0.15) is 23.0 Å². The van der Waals surface area contributed by atoms with Gasteiger partial charge in [-0.05, 0) is 18.1 Å². The van der Waals surface area contributed by atoms with Gasteiger partial charge in [0.25, 0.3) is 5.91 Å². The Morgan fingerprint density at radius 2 is 2.04 bits per heavy atom. The molecule has 0 radical (unpaired) electrons. The number of aliphatic hydroxyl groups is 1. The van der Waals surface area contributed by atoms with Gasteiger partial charge in [-0.15, -0.1) is 0 Å². The first kappa shape index (κ1) is 16.3. The van der Waals surface area contributed by atoms with Crippen LogP contribution in [0.3, 0.4) is 0 Å². The number of nitrogens with one attached hydrogen (secondary N) is 2. The molecule has 25 heavy (non-hydrogen) atoms. The smallest absolute Gasteiger partial charge is 0.269 e. The van der Waals surface area contributed by atoms with Crippen molar-refractivity contribution in [2.45, 2.75) is 37.7 Å². The second-order valence-corrected chi connectivity index (χ2v) is 6.46. The molecule has 1 aromatic heterocycles. The highest BCUT2D eigenvalue weighted by Crippen LogP contribution is 2.27. The number of nitrogens with zero attached hydrogens (tertiary/aromatic N) is 1. The lowest BCUT2D eigenvalue weighted by Crippen LogP contribution is -2.44. The number of aliphatic hydroxyl groups excluding tert-OH is 1. The topological polar surface area (TPSA) is 96.5 Å². The highest BCUT2D eigenvalue weighted by atomic mass is 16.6. The lowest BCUT2D eigenvalue weighted by Gasteiger charge is -2.16. The summed E-state index contributed by atoms with van der Waals surface area (Å²) in [6.45, 7) is 2.68. The first-order chi connectivity index (χ1) is 12.2. The molecule has 2 fully saturated rings. The normalized spacial score (nSPS) is 28.1. The van der Waals surface area contributed by atoms with Gasteiger partial charge in [0, 0.05) is 5.56 Å². The summed E-state index contributed by atoms with van der Waals surface area (Å²) in [6, 6.07) is 9.57. The molecule has 4 rings (SSSR count). The van der Waals surface area contributed by atoms with Crippen molar-refractivity contribution >= 4 is 5.91 Å². The van der Waals surface area contributed by atoms with Gasteiger partial charge in [0.1, 0.15) is 24.0 Å². The van der Waals surface area contributed by atoms with E-state index < -0.39 is 6.10 Å². The molecule has 2 saturated heterocycles. The van der Waals surface area contributed by atoms with Gasteiger partial charge in [0.15, 0.2) is 0 Å². The van der Waals surface area contributed by atoms with Crippen molar-refractivity contribution in [3.05, 3.63) is 41.6 Å². The second kappa shape index (κ2) is 6.59. The van der Waals surface area contributed by atoms with Gasteiger partial charge in [-0.3, -0.25) is 9.89 Å². The molecule has 0 saturated carbocycles. The number of aryl methyl sites for hydroxylation is 1. The Bertz CT molecular complexity index is 758. The van der Waals surface area contributed by atoms with Crippen LogP contribution >= 0.6 is 0 Å². The van der Waals surface area contributed by atoms with Crippen LogP contribution in [0.2, 0.25) is 0 Å². The Morgan fingerprint density at radius 3 is 2.80 bits per heavy atom. The van der Waals surface area contributed by atoms with E-state index in [2.05, 4.69) is 34.6 Å². The number of benzene rings is 1. The van der Waals surface area contributed by atoms with E-state index in [0.717, 1.165) is 17.7 Å². The number of hydrogen-bond donors (Lipinski definition) is 3. The summed E-state index contributed by atoms with van der Waals surface area (Å²) in [4.78, 5) is 12.5. The van der Waals surface area contributed by atoms with Crippen LogP contribution in [-0.2, 0) is 15.9 Å².